The number of aryl methyl sites for hydroxylation is 1. The number of aromatic nitrogens is 2. The van der Waals surface area contributed by atoms with Crippen LogP contribution in [0.5, 0.6) is 0 Å². The fourth-order valence-electron chi connectivity index (χ4n) is 1.99. The third-order valence-electron chi connectivity index (χ3n) is 3.33. The van der Waals surface area contributed by atoms with E-state index in [0.717, 1.165) is 17.0 Å². The summed E-state index contributed by atoms with van der Waals surface area (Å²) >= 11 is 7.67. The number of carbonyl (C=O) groups is 1. The molecule has 0 radical (unpaired) electrons. The summed E-state index contributed by atoms with van der Waals surface area (Å²) in [4.78, 5) is 18.3. The Balaban J connectivity index is 1.84. The van der Waals surface area contributed by atoms with Gasteiger partial charge in [0.1, 0.15) is 0 Å². The van der Waals surface area contributed by atoms with E-state index in [1.54, 1.807) is 16.7 Å². The molecule has 0 spiro atoms. The number of hydrogen-bond donors (Lipinski definition) is 0. The first-order chi connectivity index (χ1) is 11.1. The molecule has 0 aliphatic rings. The van der Waals surface area contributed by atoms with E-state index >= 15 is 0 Å². The Bertz CT molecular complexity index is 648. The predicted octanol–water partition coefficient (Wildman–Crippen LogP) is 3.57. The SMILES string of the molecule is CCc1noc(CN(CC)C(=O)CSCc2ccccc2Cl)n1. The van der Waals surface area contributed by atoms with Gasteiger partial charge >= 0.3 is 0 Å². The molecule has 1 aromatic carbocycles. The molecule has 0 fully saturated rings. The number of hydrogen-bond acceptors (Lipinski definition) is 5. The summed E-state index contributed by atoms with van der Waals surface area (Å²) < 4.78 is 5.15. The second-order valence-corrected chi connectivity index (χ2v) is 6.34. The standard InChI is InChI=1S/C16H20ClN3O2S/c1-3-14-18-15(22-19-14)9-20(4-2)16(21)11-23-10-12-7-5-6-8-13(12)17/h5-8H,3-4,9-11H2,1-2H3. The molecule has 1 aromatic heterocycles. The average molecular weight is 354 g/mol. The van der Waals surface area contributed by atoms with Gasteiger partial charge in [-0.1, -0.05) is 41.9 Å². The fraction of sp³-hybridized carbons (Fsp3) is 0.438. The van der Waals surface area contributed by atoms with Gasteiger partial charge in [-0.3, -0.25) is 4.79 Å². The summed E-state index contributed by atoms with van der Waals surface area (Å²) in [6, 6.07) is 7.68. The van der Waals surface area contributed by atoms with E-state index in [1.807, 2.05) is 38.1 Å². The largest absolute Gasteiger partial charge is 0.337 e. The van der Waals surface area contributed by atoms with Crippen molar-refractivity contribution in [3.05, 3.63) is 46.6 Å². The van der Waals surface area contributed by atoms with Crippen LogP contribution in [-0.4, -0.2) is 33.2 Å². The van der Waals surface area contributed by atoms with Gasteiger partial charge in [-0.05, 0) is 18.6 Å². The maximum Gasteiger partial charge on any atom is 0.246 e. The molecule has 0 aliphatic carbocycles. The van der Waals surface area contributed by atoms with Crippen LogP contribution in [0.2, 0.25) is 5.02 Å². The minimum atomic E-state index is 0.0563. The van der Waals surface area contributed by atoms with Gasteiger partial charge in [-0.2, -0.15) is 4.98 Å². The molecule has 0 saturated carbocycles. The summed E-state index contributed by atoms with van der Waals surface area (Å²) in [6.07, 6.45) is 0.720. The second-order valence-electron chi connectivity index (χ2n) is 4.95. The van der Waals surface area contributed by atoms with Gasteiger partial charge in [0.15, 0.2) is 5.82 Å². The summed E-state index contributed by atoms with van der Waals surface area (Å²) in [7, 11) is 0. The first kappa shape index (κ1) is 17.8. The highest BCUT2D eigenvalue weighted by Crippen LogP contribution is 2.21. The van der Waals surface area contributed by atoms with Crippen molar-refractivity contribution in [3.63, 3.8) is 0 Å². The Kier molecular flexibility index (Phi) is 6.92. The number of halogens is 1. The van der Waals surface area contributed by atoms with Crippen molar-refractivity contribution in [3.8, 4) is 0 Å². The zero-order chi connectivity index (χ0) is 16.7. The van der Waals surface area contributed by atoms with Gasteiger partial charge in [0.05, 0.1) is 12.3 Å². The van der Waals surface area contributed by atoms with Crippen LogP contribution < -0.4 is 0 Å². The maximum atomic E-state index is 12.3. The van der Waals surface area contributed by atoms with Gasteiger partial charge in [0, 0.05) is 23.7 Å². The van der Waals surface area contributed by atoms with Crippen LogP contribution in [0.1, 0.15) is 31.1 Å². The number of carbonyl (C=O) groups excluding carboxylic acids is 1. The van der Waals surface area contributed by atoms with Crippen molar-refractivity contribution in [2.45, 2.75) is 32.6 Å². The molecule has 23 heavy (non-hydrogen) atoms. The van der Waals surface area contributed by atoms with Crippen LogP contribution in [-0.2, 0) is 23.5 Å². The highest BCUT2D eigenvalue weighted by Gasteiger charge is 2.16. The molecule has 5 nitrogen and oxygen atoms in total. The Morgan fingerprint density at radius 2 is 2.13 bits per heavy atom. The number of nitrogens with zero attached hydrogens (tertiary/aromatic N) is 3. The molecule has 0 saturated heterocycles. The lowest BCUT2D eigenvalue weighted by Crippen LogP contribution is -2.31. The molecule has 0 N–H and O–H groups in total. The van der Waals surface area contributed by atoms with Crippen LogP contribution in [0.3, 0.4) is 0 Å². The number of benzene rings is 1. The number of amides is 1. The van der Waals surface area contributed by atoms with E-state index in [2.05, 4.69) is 10.1 Å². The van der Waals surface area contributed by atoms with Crippen LogP contribution in [0.25, 0.3) is 0 Å². The topological polar surface area (TPSA) is 59.2 Å². The monoisotopic (exact) mass is 353 g/mol. The minimum absolute atomic E-state index is 0.0563. The zero-order valence-corrected chi connectivity index (χ0v) is 14.9. The molecule has 0 aliphatic heterocycles. The van der Waals surface area contributed by atoms with Crippen LogP contribution in [0, 0.1) is 0 Å². The van der Waals surface area contributed by atoms with E-state index in [9.17, 15) is 4.79 Å². The summed E-state index contributed by atoms with van der Waals surface area (Å²) in [5, 5.41) is 4.58. The van der Waals surface area contributed by atoms with Gasteiger partial charge in [-0.25, -0.2) is 0 Å². The van der Waals surface area contributed by atoms with Crippen molar-refractivity contribution < 1.29 is 9.32 Å². The Morgan fingerprint density at radius 1 is 1.35 bits per heavy atom. The highest BCUT2D eigenvalue weighted by atomic mass is 35.5. The van der Waals surface area contributed by atoms with E-state index in [1.165, 1.54) is 0 Å². The lowest BCUT2D eigenvalue weighted by Gasteiger charge is -2.18. The normalized spacial score (nSPS) is 10.7. The van der Waals surface area contributed by atoms with Crippen molar-refractivity contribution in [2.24, 2.45) is 0 Å². The third-order valence-corrected chi connectivity index (χ3v) is 4.66. The number of thioether (sulfide) groups is 1. The summed E-state index contributed by atoms with van der Waals surface area (Å²) in [5.41, 5.74) is 1.04. The molecule has 2 rings (SSSR count). The average Bonchev–Trinajstić information content (AvgIpc) is 3.02. The zero-order valence-electron chi connectivity index (χ0n) is 13.3. The van der Waals surface area contributed by atoms with E-state index in [4.69, 9.17) is 16.1 Å². The first-order valence-corrected chi connectivity index (χ1v) is 9.07. The molecule has 0 bridgehead atoms. The van der Waals surface area contributed by atoms with Gasteiger partial charge in [-0.15, -0.1) is 11.8 Å². The fourth-order valence-corrected chi connectivity index (χ4v) is 3.21. The smallest absolute Gasteiger partial charge is 0.246 e. The van der Waals surface area contributed by atoms with Crippen LogP contribution in [0.15, 0.2) is 28.8 Å². The molecule has 0 atom stereocenters. The van der Waals surface area contributed by atoms with Crippen molar-refractivity contribution >= 4 is 29.3 Å². The first-order valence-electron chi connectivity index (χ1n) is 7.54. The van der Waals surface area contributed by atoms with Gasteiger partial charge < -0.3 is 9.42 Å². The van der Waals surface area contributed by atoms with Crippen LogP contribution >= 0.6 is 23.4 Å². The second kappa shape index (κ2) is 8.93. The molecule has 124 valence electrons. The molecule has 1 amide bonds. The van der Waals surface area contributed by atoms with Gasteiger partial charge in [0.25, 0.3) is 0 Å². The summed E-state index contributed by atoms with van der Waals surface area (Å²) in [6.45, 7) is 4.86. The maximum absolute atomic E-state index is 12.3. The number of rotatable bonds is 8. The summed E-state index contributed by atoms with van der Waals surface area (Å²) in [5.74, 6) is 2.31. The Morgan fingerprint density at radius 3 is 2.78 bits per heavy atom. The lowest BCUT2D eigenvalue weighted by molar-refractivity contribution is -0.129. The van der Waals surface area contributed by atoms with E-state index < -0.39 is 0 Å². The molecule has 0 unspecified atom stereocenters. The van der Waals surface area contributed by atoms with E-state index in [-0.39, 0.29) is 5.91 Å². The van der Waals surface area contributed by atoms with Crippen molar-refractivity contribution in [2.75, 3.05) is 12.3 Å². The molecule has 1 heterocycles. The Hall–Kier alpha value is -1.53. The molecule has 7 heteroatoms. The van der Waals surface area contributed by atoms with Crippen LogP contribution in [0.4, 0.5) is 0 Å². The quantitative estimate of drug-likeness (QED) is 0.726. The molecule has 2 aromatic rings. The Labute approximate surface area is 145 Å². The lowest BCUT2D eigenvalue weighted by atomic mass is 10.2. The molecular weight excluding hydrogens is 334 g/mol. The van der Waals surface area contributed by atoms with Gasteiger partial charge in [0.2, 0.25) is 11.8 Å². The predicted molar refractivity (Wildman–Crippen MR) is 92.4 cm³/mol. The van der Waals surface area contributed by atoms with E-state index in [0.29, 0.717) is 36.3 Å². The molecular formula is C16H20ClN3O2S. The van der Waals surface area contributed by atoms with Crippen molar-refractivity contribution in [1.82, 2.24) is 15.0 Å². The third kappa shape index (κ3) is 5.25. The van der Waals surface area contributed by atoms with Crippen molar-refractivity contribution in [1.29, 1.82) is 0 Å². The highest BCUT2D eigenvalue weighted by molar-refractivity contribution is 7.99. The minimum Gasteiger partial charge on any atom is -0.337 e.